The first-order valence-electron chi connectivity index (χ1n) is 9.87. The second kappa shape index (κ2) is 9.40. The summed E-state index contributed by atoms with van der Waals surface area (Å²) in [4.78, 5) is 26.2. The van der Waals surface area contributed by atoms with Gasteiger partial charge in [-0.2, -0.15) is 0 Å². The monoisotopic (exact) mass is 368 g/mol. The molecular weight excluding hydrogens is 340 g/mol. The van der Waals surface area contributed by atoms with E-state index in [1.54, 1.807) is 0 Å². The summed E-state index contributed by atoms with van der Waals surface area (Å²) >= 11 is 0. The maximum absolute atomic E-state index is 12.6. The van der Waals surface area contributed by atoms with Crippen molar-refractivity contribution in [3.8, 4) is 11.3 Å². The lowest BCUT2D eigenvalue weighted by Crippen LogP contribution is -2.49. The molecule has 1 fully saturated rings. The van der Waals surface area contributed by atoms with Gasteiger partial charge in [-0.3, -0.25) is 9.59 Å². The molecule has 144 valence electrons. The molecule has 0 radical (unpaired) electrons. The van der Waals surface area contributed by atoms with Crippen molar-refractivity contribution in [3.63, 3.8) is 0 Å². The predicted molar refractivity (Wildman–Crippen MR) is 105 cm³/mol. The van der Waals surface area contributed by atoms with Gasteiger partial charge in [-0.15, -0.1) is 0 Å². The van der Waals surface area contributed by atoms with Gasteiger partial charge >= 0.3 is 0 Å². The zero-order valence-corrected chi connectivity index (χ0v) is 15.9. The van der Waals surface area contributed by atoms with E-state index in [0.29, 0.717) is 25.8 Å². The molecule has 1 saturated heterocycles. The second-order valence-electron chi connectivity index (χ2n) is 7.13. The van der Waals surface area contributed by atoms with Crippen LogP contribution in [0.25, 0.3) is 11.3 Å². The number of benzene rings is 1. The van der Waals surface area contributed by atoms with E-state index in [1.807, 2.05) is 54.3 Å². The average molecular weight is 368 g/mol. The van der Waals surface area contributed by atoms with Crippen LogP contribution in [0.2, 0.25) is 0 Å². The normalized spacial score (nSPS) is 16.9. The molecule has 2 heterocycles. The van der Waals surface area contributed by atoms with Crippen molar-refractivity contribution in [2.75, 3.05) is 13.1 Å². The van der Waals surface area contributed by atoms with Crippen LogP contribution in [0.1, 0.15) is 44.8 Å². The molecule has 1 atom stereocenters. The first kappa shape index (κ1) is 19.2. The topological polar surface area (TPSA) is 62.6 Å². The lowest BCUT2D eigenvalue weighted by molar-refractivity contribution is -0.133. The Morgan fingerprint density at radius 3 is 2.74 bits per heavy atom. The zero-order chi connectivity index (χ0) is 19.1. The Morgan fingerprint density at radius 1 is 1.15 bits per heavy atom. The summed E-state index contributed by atoms with van der Waals surface area (Å²) in [6.45, 7) is 3.38. The highest BCUT2D eigenvalue weighted by Gasteiger charge is 2.24. The number of likely N-dealkylation sites (tertiary alicyclic amines) is 1. The molecule has 5 nitrogen and oxygen atoms in total. The second-order valence-corrected chi connectivity index (χ2v) is 7.13. The van der Waals surface area contributed by atoms with Gasteiger partial charge in [-0.1, -0.05) is 37.3 Å². The number of amides is 2. The van der Waals surface area contributed by atoms with Gasteiger partial charge in [0.25, 0.3) is 0 Å². The molecule has 0 aliphatic carbocycles. The van der Waals surface area contributed by atoms with Crippen LogP contribution in [0, 0.1) is 0 Å². The van der Waals surface area contributed by atoms with Gasteiger partial charge in [0.05, 0.1) is 0 Å². The fourth-order valence-corrected chi connectivity index (χ4v) is 3.51. The fraction of sp³-hybridized carbons (Fsp3) is 0.455. The third-order valence-corrected chi connectivity index (χ3v) is 4.92. The van der Waals surface area contributed by atoms with E-state index in [-0.39, 0.29) is 17.9 Å². The summed E-state index contributed by atoms with van der Waals surface area (Å²) in [7, 11) is 0. The number of carbonyl (C=O) groups excluding carboxylic acids is 2. The summed E-state index contributed by atoms with van der Waals surface area (Å²) in [6, 6.07) is 13.9. The molecule has 2 amide bonds. The lowest BCUT2D eigenvalue weighted by Gasteiger charge is -2.33. The van der Waals surface area contributed by atoms with Crippen LogP contribution in [0.4, 0.5) is 0 Å². The number of nitrogens with one attached hydrogen (secondary N) is 1. The lowest BCUT2D eigenvalue weighted by atomic mass is 10.0. The van der Waals surface area contributed by atoms with E-state index < -0.39 is 0 Å². The minimum Gasteiger partial charge on any atom is -0.461 e. The number of furan rings is 1. The van der Waals surface area contributed by atoms with Crippen LogP contribution in [0.3, 0.4) is 0 Å². The molecule has 27 heavy (non-hydrogen) atoms. The number of hydrogen-bond acceptors (Lipinski definition) is 3. The Morgan fingerprint density at radius 2 is 1.96 bits per heavy atom. The maximum atomic E-state index is 12.6. The van der Waals surface area contributed by atoms with Crippen LogP contribution in [-0.4, -0.2) is 35.8 Å². The third-order valence-electron chi connectivity index (χ3n) is 4.92. The summed E-state index contributed by atoms with van der Waals surface area (Å²) in [6.07, 6.45) is 4.29. The van der Waals surface area contributed by atoms with Gasteiger partial charge in [0, 0.05) is 44.0 Å². The largest absolute Gasteiger partial charge is 0.461 e. The molecule has 0 bridgehead atoms. The minimum absolute atomic E-state index is 0.0787. The van der Waals surface area contributed by atoms with Crippen molar-refractivity contribution >= 4 is 11.8 Å². The zero-order valence-electron chi connectivity index (χ0n) is 15.9. The Bertz CT molecular complexity index is 754. The smallest absolute Gasteiger partial charge is 0.223 e. The van der Waals surface area contributed by atoms with Crippen molar-refractivity contribution in [1.82, 2.24) is 10.2 Å². The van der Waals surface area contributed by atoms with Crippen LogP contribution >= 0.6 is 0 Å². The van der Waals surface area contributed by atoms with Crippen molar-refractivity contribution in [1.29, 1.82) is 0 Å². The number of nitrogens with zero attached hydrogens (tertiary/aromatic N) is 1. The number of hydrogen-bond donors (Lipinski definition) is 1. The van der Waals surface area contributed by atoms with Crippen LogP contribution in [0.5, 0.6) is 0 Å². The van der Waals surface area contributed by atoms with E-state index in [2.05, 4.69) is 5.32 Å². The molecule has 1 aromatic carbocycles. The minimum atomic E-state index is 0.0787. The van der Waals surface area contributed by atoms with Gasteiger partial charge < -0.3 is 14.6 Å². The van der Waals surface area contributed by atoms with Gasteiger partial charge in [-0.25, -0.2) is 0 Å². The third kappa shape index (κ3) is 5.46. The number of aryl methyl sites for hydroxylation is 1. The number of piperidine rings is 1. The first-order valence-corrected chi connectivity index (χ1v) is 9.87. The molecule has 1 unspecified atom stereocenters. The highest BCUT2D eigenvalue weighted by Crippen LogP contribution is 2.22. The van der Waals surface area contributed by atoms with Gasteiger partial charge in [0.2, 0.25) is 11.8 Å². The van der Waals surface area contributed by atoms with E-state index >= 15 is 0 Å². The summed E-state index contributed by atoms with van der Waals surface area (Å²) in [5.41, 5.74) is 1.04. The Balaban J connectivity index is 1.49. The quantitative estimate of drug-likeness (QED) is 0.809. The van der Waals surface area contributed by atoms with E-state index in [9.17, 15) is 9.59 Å². The summed E-state index contributed by atoms with van der Waals surface area (Å²) in [5.74, 6) is 1.87. The predicted octanol–water partition coefficient (Wildman–Crippen LogP) is 3.79. The van der Waals surface area contributed by atoms with E-state index in [4.69, 9.17) is 4.42 Å². The molecule has 1 aromatic heterocycles. The molecule has 5 heteroatoms. The highest BCUT2D eigenvalue weighted by molar-refractivity contribution is 5.78. The SMILES string of the molecule is CCCC(=O)NC1CCCN(C(=O)CCc2ccc(-c3ccccc3)o2)C1. The molecule has 2 aromatic rings. The maximum Gasteiger partial charge on any atom is 0.223 e. The van der Waals surface area contributed by atoms with Crippen molar-refractivity contribution in [2.24, 2.45) is 0 Å². The van der Waals surface area contributed by atoms with Crippen molar-refractivity contribution in [3.05, 3.63) is 48.2 Å². The van der Waals surface area contributed by atoms with Gasteiger partial charge in [0.1, 0.15) is 11.5 Å². The van der Waals surface area contributed by atoms with E-state index in [1.165, 1.54) is 0 Å². The summed E-state index contributed by atoms with van der Waals surface area (Å²) in [5, 5.41) is 3.05. The number of carbonyl (C=O) groups is 2. The summed E-state index contributed by atoms with van der Waals surface area (Å²) < 4.78 is 5.88. The van der Waals surface area contributed by atoms with Gasteiger partial charge in [-0.05, 0) is 31.4 Å². The van der Waals surface area contributed by atoms with Crippen LogP contribution in [-0.2, 0) is 16.0 Å². The molecule has 1 N–H and O–H groups in total. The first-order chi connectivity index (χ1) is 13.2. The molecule has 0 saturated carbocycles. The molecule has 0 spiro atoms. The Hall–Kier alpha value is -2.56. The molecule has 1 aliphatic heterocycles. The van der Waals surface area contributed by atoms with Crippen LogP contribution < -0.4 is 5.32 Å². The van der Waals surface area contributed by atoms with Gasteiger partial charge in [0.15, 0.2) is 0 Å². The van der Waals surface area contributed by atoms with Crippen molar-refractivity contribution < 1.29 is 14.0 Å². The molecule has 3 rings (SSSR count). The standard InChI is InChI=1S/C22H28N2O3/c1-2-7-21(25)23-18-10-6-15-24(16-18)22(26)14-12-19-11-13-20(27-19)17-8-4-3-5-9-17/h3-5,8-9,11,13,18H,2,6-7,10,12,14-16H2,1H3,(H,23,25). The number of rotatable bonds is 7. The fourth-order valence-electron chi connectivity index (χ4n) is 3.51. The molecule has 1 aliphatic rings. The molecular formula is C22H28N2O3. The van der Waals surface area contributed by atoms with Crippen molar-refractivity contribution in [2.45, 2.75) is 51.5 Å². The highest BCUT2D eigenvalue weighted by atomic mass is 16.3. The van der Waals surface area contributed by atoms with E-state index in [0.717, 1.165) is 42.9 Å². The van der Waals surface area contributed by atoms with Crippen LogP contribution in [0.15, 0.2) is 46.9 Å². The average Bonchev–Trinajstić information content (AvgIpc) is 3.16. The Kier molecular flexibility index (Phi) is 6.69. The Labute approximate surface area is 160 Å².